The van der Waals surface area contributed by atoms with Crippen LogP contribution in [0, 0.1) is 6.92 Å². The maximum atomic E-state index is 4.52. The van der Waals surface area contributed by atoms with Crippen LogP contribution in [0.3, 0.4) is 0 Å². The number of rotatable bonds is 4. The highest BCUT2D eigenvalue weighted by molar-refractivity contribution is 5.70. The van der Waals surface area contributed by atoms with E-state index in [0.29, 0.717) is 5.92 Å². The van der Waals surface area contributed by atoms with Gasteiger partial charge in [0.1, 0.15) is 5.82 Å². The summed E-state index contributed by atoms with van der Waals surface area (Å²) < 4.78 is 0. The second-order valence-corrected chi connectivity index (χ2v) is 4.15. The van der Waals surface area contributed by atoms with Crippen LogP contribution in [-0.2, 0) is 0 Å². The molecular weight excluding hydrogens is 200 g/mol. The summed E-state index contributed by atoms with van der Waals surface area (Å²) >= 11 is 0. The molecule has 0 saturated carbocycles. The summed E-state index contributed by atoms with van der Waals surface area (Å²) in [6.07, 6.45) is 0. The van der Waals surface area contributed by atoms with Crippen molar-refractivity contribution in [2.75, 3.05) is 13.1 Å². The number of aromatic nitrogens is 3. The number of aryl methyl sites for hydroxylation is 1. The van der Waals surface area contributed by atoms with Crippen molar-refractivity contribution in [3.63, 3.8) is 0 Å². The summed E-state index contributed by atoms with van der Waals surface area (Å²) in [5.74, 6) is 1.39. The lowest BCUT2D eigenvalue weighted by Gasteiger charge is -2.07. The molecule has 2 aromatic rings. The first-order chi connectivity index (χ1) is 7.70. The van der Waals surface area contributed by atoms with Crippen molar-refractivity contribution in [1.29, 1.82) is 0 Å². The van der Waals surface area contributed by atoms with Gasteiger partial charge in [-0.05, 0) is 25.6 Å². The van der Waals surface area contributed by atoms with E-state index in [-0.39, 0.29) is 0 Å². The van der Waals surface area contributed by atoms with Crippen molar-refractivity contribution < 1.29 is 0 Å². The van der Waals surface area contributed by atoms with Gasteiger partial charge in [0.05, 0.1) is 5.52 Å². The van der Waals surface area contributed by atoms with Crippen molar-refractivity contribution >= 4 is 11.2 Å². The van der Waals surface area contributed by atoms with Crippen LogP contribution in [0.1, 0.15) is 31.3 Å². The third kappa shape index (κ3) is 2.22. The first kappa shape index (κ1) is 11.1. The van der Waals surface area contributed by atoms with E-state index in [1.54, 1.807) is 0 Å². The van der Waals surface area contributed by atoms with Gasteiger partial charge in [0.25, 0.3) is 0 Å². The second kappa shape index (κ2) is 4.61. The molecule has 16 heavy (non-hydrogen) atoms. The fourth-order valence-corrected chi connectivity index (χ4v) is 1.70. The van der Waals surface area contributed by atoms with Crippen LogP contribution in [0.15, 0.2) is 12.1 Å². The Morgan fingerprint density at radius 1 is 1.38 bits per heavy atom. The average Bonchev–Trinajstić information content (AvgIpc) is 2.68. The molecule has 2 rings (SSSR count). The molecule has 0 aliphatic heterocycles. The Hall–Kier alpha value is -1.42. The molecule has 0 fully saturated rings. The largest absolute Gasteiger partial charge is 0.340 e. The molecule has 4 heteroatoms. The van der Waals surface area contributed by atoms with Gasteiger partial charge >= 0.3 is 0 Å². The van der Waals surface area contributed by atoms with E-state index in [2.05, 4.69) is 34.1 Å². The minimum absolute atomic E-state index is 0.384. The summed E-state index contributed by atoms with van der Waals surface area (Å²) in [5.41, 5.74) is 2.84. The number of aromatic amines is 1. The smallest absolute Gasteiger partial charge is 0.177 e. The standard InChI is InChI=1S/C12H18N4/c1-4-13-7-8(2)11-15-10-6-5-9(3)14-12(10)16-11/h5-6,8,13H,4,7H2,1-3H3,(H,14,15,16). The fourth-order valence-electron chi connectivity index (χ4n) is 1.70. The molecular formula is C12H18N4. The summed E-state index contributed by atoms with van der Waals surface area (Å²) in [7, 11) is 0. The van der Waals surface area contributed by atoms with Crippen LogP contribution in [0.25, 0.3) is 11.2 Å². The quantitative estimate of drug-likeness (QED) is 0.825. The topological polar surface area (TPSA) is 53.6 Å². The van der Waals surface area contributed by atoms with Crippen LogP contribution in [0.2, 0.25) is 0 Å². The molecule has 2 N–H and O–H groups in total. The Bertz CT molecular complexity index is 475. The molecule has 0 aliphatic rings. The molecule has 1 atom stereocenters. The van der Waals surface area contributed by atoms with Crippen LogP contribution < -0.4 is 5.32 Å². The number of pyridine rings is 1. The monoisotopic (exact) mass is 218 g/mol. The molecule has 4 nitrogen and oxygen atoms in total. The number of likely N-dealkylation sites (N-methyl/N-ethyl adjacent to an activating group) is 1. The summed E-state index contributed by atoms with van der Waals surface area (Å²) in [4.78, 5) is 12.2. The zero-order chi connectivity index (χ0) is 11.5. The number of fused-ring (bicyclic) bond motifs is 1. The van der Waals surface area contributed by atoms with Crippen molar-refractivity contribution in [2.24, 2.45) is 0 Å². The van der Waals surface area contributed by atoms with Gasteiger partial charge in [-0.15, -0.1) is 0 Å². The second-order valence-electron chi connectivity index (χ2n) is 4.15. The van der Waals surface area contributed by atoms with Crippen molar-refractivity contribution in [3.8, 4) is 0 Å². The van der Waals surface area contributed by atoms with Crippen molar-refractivity contribution in [3.05, 3.63) is 23.7 Å². The first-order valence-electron chi connectivity index (χ1n) is 5.74. The van der Waals surface area contributed by atoms with Crippen molar-refractivity contribution in [1.82, 2.24) is 20.3 Å². The molecule has 1 unspecified atom stereocenters. The van der Waals surface area contributed by atoms with E-state index in [1.165, 1.54) is 0 Å². The summed E-state index contributed by atoms with van der Waals surface area (Å²) in [6, 6.07) is 4.04. The fraction of sp³-hybridized carbons (Fsp3) is 0.500. The minimum Gasteiger partial charge on any atom is -0.340 e. The maximum absolute atomic E-state index is 4.52. The highest BCUT2D eigenvalue weighted by atomic mass is 15.0. The Kier molecular flexibility index (Phi) is 3.19. The minimum atomic E-state index is 0.384. The van der Waals surface area contributed by atoms with E-state index in [0.717, 1.165) is 35.8 Å². The van der Waals surface area contributed by atoms with Gasteiger partial charge in [0.2, 0.25) is 0 Å². The molecule has 0 amide bonds. The van der Waals surface area contributed by atoms with E-state index < -0.39 is 0 Å². The highest BCUT2D eigenvalue weighted by Crippen LogP contribution is 2.15. The Morgan fingerprint density at radius 2 is 2.19 bits per heavy atom. The number of H-pyrrole nitrogens is 1. The Labute approximate surface area is 95.5 Å². The lowest BCUT2D eigenvalue weighted by molar-refractivity contribution is 0.614. The molecule has 0 bridgehead atoms. The zero-order valence-corrected chi connectivity index (χ0v) is 10.0. The van der Waals surface area contributed by atoms with Crippen molar-refractivity contribution in [2.45, 2.75) is 26.7 Å². The van der Waals surface area contributed by atoms with Gasteiger partial charge in [0.15, 0.2) is 5.65 Å². The van der Waals surface area contributed by atoms with Crippen LogP contribution in [0.5, 0.6) is 0 Å². The Morgan fingerprint density at radius 3 is 2.94 bits per heavy atom. The summed E-state index contributed by atoms with van der Waals surface area (Å²) in [6.45, 7) is 8.18. The predicted octanol–water partition coefficient (Wildman–Crippen LogP) is 1.98. The van der Waals surface area contributed by atoms with E-state index in [9.17, 15) is 0 Å². The van der Waals surface area contributed by atoms with E-state index in [4.69, 9.17) is 0 Å². The molecule has 0 radical (unpaired) electrons. The number of hydrogen-bond acceptors (Lipinski definition) is 3. The van der Waals surface area contributed by atoms with E-state index in [1.807, 2.05) is 19.1 Å². The molecule has 0 aromatic carbocycles. The lowest BCUT2D eigenvalue weighted by atomic mass is 10.2. The van der Waals surface area contributed by atoms with Gasteiger partial charge in [-0.2, -0.15) is 0 Å². The van der Waals surface area contributed by atoms with Gasteiger partial charge in [0, 0.05) is 18.2 Å². The zero-order valence-electron chi connectivity index (χ0n) is 10.0. The molecule has 2 aromatic heterocycles. The predicted molar refractivity (Wildman–Crippen MR) is 65.6 cm³/mol. The summed E-state index contributed by atoms with van der Waals surface area (Å²) in [5, 5.41) is 3.32. The lowest BCUT2D eigenvalue weighted by Crippen LogP contribution is -2.20. The van der Waals surface area contributed by atoms with Gasteiger partial charge in [-0.25, -0.2) is 9.97 Å². The Balaban J connectivity index is 2.25. The number of hydrogen-bond donors (Lipinski definition) is 2. The van der Waals surface area contributed by atoms with Crippen LogP contribution in [0.4, 0.5) is 0 Å². The molecule has 0 aliphatic carbocycles. The number of imidazole rings is 1. The SMILES string of the molecule is CCNCC(C)c1nc2nc(C)ccc2[nH]1. The molecule has 0 saturated heterocycles. The first-order valence-corrected chi connectivity index (χ1v) is 5.74. The third-order valence-electron chi connectivity index (χ3n) is 2.67. The normalized spacial score (nSPS) is 13.2. The highest BCUT2D eigenvalue weighted by Gasteiger charge is 2.10. The number of nitrogens with zero attached hydrogens (tertiary/aromatic N) is 2. The molecule has 0 spiro atoms. The van der Waals surface area contributed by atoms with Gasteiger partial charge < -0.3 is 10.3 Å². The molecule has 86 valence electrons. The van der Waals surface area contributed by atoms with Gasteiger partial charge in [-0.1, -0.05) is 13.8 Å². The van der Waals surface area contributed by atoms with Crippen LogP contribution >= 0.6 is 0 Å². The van der Waals surface area contributed by atoms with E-state index >= 15 is 0 Å². The molecule has 2 heterocycles. The average molecular weight is 218 g/mol. The van der Waals surface area contributed by atoms with Gasteiger partial charge in [-0.3, -0.25) is 0 Å². The maximum Gasteiger partial charge on any atom is 0.177 e. The number of nitrogens with one attached hydrogen (secondary N) is 2. The third-order valence-corrected chi connectivity index (χ3v) is 2.67. The van der Waals surface area contributed by atoms with Crippen LogP contribution in [-0.4, -0.2) is 28.0 Å².